The average molecular weight is 384 g/mol. The fraction of sp³-hybridized carbons (Fsp3) is 0.167. The standard InChI is InChI=1S/C12H7BrClF3N2O2/c1-20-6-2-3-8(7(13)4-6)21-10-5-9(14)18-11(19-10)12(15,16)17/h2-5H,1H3. The lowest BCUT2D eigenvalue weighted by Crippen LogP contribution is -2.11. The highest BCUT2D eigenvalue weighted by atomic mass is 79.9. The first-order valence-electron chi connectivity index (χ1n) is 5.43. The SMILES string of the molecule is COc1ccc(Oc2cc(Cl)nc(C(F)(F)F)n2)c(Br)c1. The molecule has 0 aliphatic carbocycles. The van der Waals surface area contributed by atoms with Crippen LogP contribution < -0.4 is 9.47 Å². The van der Waals surface area contributed by atoms with Crippen molar-refractivity contribution in [2.45, 2.75) is 6.18 Å². The largest absolute Gasteiger partial charge is 0.497 e. The van der Waals surface area contributed by atoms with Gasteiger partial charge in [0.2, 0.25) is 11.7 Å². The summed E-state index contributed by atoms with van der Waals surface area (Å²) in [4.78, 5) is 6.40. The monoisotopic (exact) mass is 382 g/mol. The van der Waals surface area contributed by atoms with Crippen molar-refractivity contribution in [2.24, 2.45) is 0 Å². The molecule has 0 N–H and O–H groups in total. The summed E-state index contributed by atoms with van der Waals surface area (Å²) in [6.07, 6.45) is -4.71. The Morgan fingerprint density at radius 2 is 1.90 bits per heavy atom. The maximum atomic E-state index is 12.6. The summed E-state index contributed by atoms with van der Waals surface area (Å²) in [7, 11) is 1.49. The summed E-state index contributed by atoms with van der Waals surface area (Å²) < 4.78 is 48.6. The van der Waals surface area contributed by atoms with Gasteiger partial charge in [-0.2, -0.15) is 18.2 Å². The Morgan fingerprint density at radius 3 is 2.48 bits per heavy atom. The van der Waals surface area contributed by atoms with E-state index in [1.165, 1.54) is 13.2 Å². The molecule has 0 aliphatic rings. The number of halogens is 5. The minimum Gasteiger partial charge on any atom is -0.497 e. The van der Waals surface area contributed by atoms with E-state index < -0.39 is 12.0 Å². The van der Waals surface area contributed by atoms with E-state index in [4.69, 9.17) is 21.1 Å². The molecule has 1 aromatic carbocycles. The number of aromatic nitrogens is 2. The molecule has 0 saturated carbocycles. The van der Waals surface area contributed by atoms with Crippen LogP contribution in [0.1, 0.15) is 5.82 Å². The topological polar surface area (TPSA) is 44.2 Å². The third-order valence-corrected chi connectivity index (χ3v) is 3.09. The van der Waals surface area contributed by atoms with Gasteiger partial charge in [-0.1, -0.05) is 11.6 Å². The van der Waals surface area contributed by atoms with Crippen LogP contribution in [0.3, 0.4) is 0 Å². The lowest BCUT2D eigenvalue weighted by Gasteiger charge is -2.10. The molecule has 4 nitrogen and oxygen atoms in total. The van der Waals surface area contributed by atoms with Gasteiger partial charge in [-0.25, -0.2) is 4.98 Å². The summed E-state index contributed by atoms with van der Waals surface area (Å²) in [5.41, 5.74) is 0. The molecule has 0 bridgehead atoms. The number of methoxy groups -OCH3 is 1. The third kappa shape index (κ3) is 3.98. The van der Waals surface area contributed by atoms with Gasteiger partial charge >= 0.3 is 6.18 Å². The fourth-order valence-corrected chi connectivity index (χ4v) is 1.99. The Morgan fingerprint density at radius 1 is 1.19 bits per heavy atom. The molecule has 0 spiro atoms. The molecule has 0 unspecified atom stereocenters. The lowest BCUT2D eigenvalue weighted by atomic mass is 10.3. The van der Waals surface area contributed by atoms with Crippen LogP contribution in [-0.2, 0) is 6.18 Å². The highest BCUT2D eigenvalue weighted by molar-refractivity contribution is 9.10. The fourth-order valence-electron chi connectivity index (χ4n) is 1.38. The van der Waals surface area contributed by atoms with E-state index in [9.17, 15) is 13.2 Å². The molecular formula is C12H7BrClF3N2O2. The van der Waals surface area contributed by atoms with E-state index in [2.05, 4.69) is 25.9 Å². The van der Waals surface area contributed by atoms with Crippen LogP contribution in [0.25, 0.3) is 0 Å². The van der Waals surface area contributed by atoms with Gasteiger partial charge in [0.15, 0.2) is 0 Å². The van der Waals surface area contributed by atoms with Crippen LogP contribution in [0, 0.1) is 0 Å². The number of hydrogen-bond acceptors (Lipinski definition) is 4. The second kappa shape index (κ2) is 6.07. The molecule has 0 saturated heterocycles. The highest BCUT2D eigenvalue weighted by Crippen LogP contribution is 2.34. The van der Waals surface area contributed by atoms with Crippen molar-refractivity contribution in [3.05, 3.63) is 39.7 Å². The molecule has 9 heteroatoms. The quantitative estimate of drug-likeness (QED) is 0.720. The predicted molar refractivity (Wildman–Crippen MR) is 72.8 cm³/mol. The zero-order valence-corrected chi connectivity index (χ0v) is 12.8. The predicted octanol–water partition coefficient (Wildman–Crippen LogP) is 4.71. The smallest absolute Gasteiger partial charge is 0.451 e. The van der Waals surface area contributed by atoms with Crippen LogP contribution in [0.5, 0.6) is 17.4 Å². The van der Waals surface area contributed by atoms with E-state index in [1.54, 1.807) is 12.1 Å². The van der Waals surface area contributed by atoms with Gasteiger partial charge in [0.1, 0.15) is 16.7 Å². The second-order valence-corrected chi connectivity index (χ2v) is 4.99. The Hall–Kier alpha value is -1.54. The van der Waals surface area contributed by atoms with Crippen LogP contribution in [0.4, 0.5) is 13.2 Å². The van der Waals surface area contributed by atoms with E-state index in [1.807, 2.05) is 0 Å². The second-order valence-electron chi connectivity index (χ2n) is 3.75. The van der Waals surface area contributed by atoms with Gasteiger partial charge in [-0.05, 0) is 34.1 Å². The van der Waals surface area contributed by atoms with Crippen molar-refractivity contribution in [3.8, 4) is 17.4 Å². The van der Waals surface area contributed by atoms with Crippen molar-refractivity contribution in [2.75, 3.05) is 7.11 Å². The van der Waals surface area contributed by atoms with Crippen LogP contribution in [-0.4, -0.2) is 17.1 Å². The Bertz CT molecular complexity index is 667. The first kappa shape index (κ1) is 15.8. The highest BCUT2D eigenvalue weighted by Gasteiger charge is 2.35. The van der Waals surface area contributed by atoms with E-state index in [0.717, 1.165) is 6.07 Å². The summed E-state index contributed by atoms with van der Waals surface area (Å²) in [5, 5.41) is -0.364. The van der Waals surface area contributed by atoms with Crippen molar-refractivity contribution in [3.63, 3.8) is 0 Å². The summed E-state index contributed by atoms with van der Waals surface area (Å²) >= 11 is 8.77. The zero-order valence-electron chi connectivity index (χ0n) is 10.4. The number of hydrogen-bond donors (Lipinski definition) is 0. The maximum Gasteiger partial charge on any atom is 0.451 e. The molecule has 2 rings (SSSR count). The van der Waals surface area contributed by atoms with Crippen molar-refractivity contribution in [1.29, 1.82) is 0 Å². The molecule has 21 heavy (non-hydrogen) atoms. The zero-order chi connectivity index (χ0) is 15.6. The summed E-state index contributed by atoms with van der Waals surface area (Å²) in [6, 6.07) is 5.80. The Kier molecular flexibility index (Phi) is 4.58. The van der Waals surface area contributed by atoms with Crippen molar-refractivity contribution < 1.29 is 22.6 Å². The van der Waals surface area contributed by atoms with Gasteiger partial charge in [0.05, 0.1) is 11.6 Å². The van der Waals surface area contributed by atoms with Crippen molar-refractivity contribution >= 4 is 27.5 Å². The first-order chi connectivity index (χ1) is 9.79. The van der Waals surface area contributed by atoms with Crippen LogP contribution in [0.15, 0.2) is 28.7 Å². The summed E-state index contributed by atoms with van der Waals surface area (Å²) in [5.74, 6) is -0.854. The molecular weight excluding hydrogens is 376 g/mol. The maximum absolute atomic E-state index is 12.6. The molecule has 1 heterocycles. The Labute approximate surface area is 131 Å². The minimum atomic E-state index is -4.71. The molecule has 0 radical (unpaired) electrons. The van der Waals surface area contributed by atoms with E-state index >= 15 is 0 Å². The molecule has 0 atom stereocenters. The summed E-state index contributed by atoms with van der Waals surface area (Å²) in [6.45, 7) is 0. The Balaban J connectivity index is 2.33. The molecule has 112 valence electrons. The first-order valence-corrected chi connectivity index (χ1v) is 6.60. The molecule has 2 aromatic rings. The number of benzene rings is 1. The number of nitrogens with zero attached hydrogens (tertiary/aromatic N) is 2. The van der Waals surface area contributed by atoms with Gasteiger partial charge in [0, 0.05) is 6.07 Å². The third-order valence-electron chi connectivity index (χ3n) is 2.28. The van der Waals surface area contributed by atoms with Crippen LogP contribution >= 0.6 is 27.5 Å². The molecule has 0 aliphatic heterocycles. The number of alkyl halides is 3. The molecule has 0 fully saturated rings. The van der Waals surface area contributed by atoms with Gasteiger partial charge in [0.25, 0.3) is 0 Å². The normalized spacial score (nSPS) is 11.3. The number of rotatable bonds is 3. The van der Waals surface area contributed by atoms with E-state index in [-0.39, 0.29) is 16.8 Å². The van der Waals surface area contributed by atoms with Crippen molar-refractivity contribution in [1.82, 2.24) is 9.97 Å². The average Bonchev–Trinajstić information content (AvgIpc) is 2.39. The minimum absolute atomic E-state index is 0.263. The van der Waals surface area contributed by atoms with Crippen LogP contribution in [0.2, 0.25) is 5.15 Å². The van der Waals surface area contributed by atoms with E-state index in [0.29, 0.717) is 10.2 Å². The lowest BCUT2D eigenvalue weighted by molar-refractivity contribution is -0.145. The molecule has 0 amide bonds. The van der Waals surface area contributed by atoms with Gasteiger partial charge in [-0.15, -0.1) is 0 Å². The van der Waals surface area contributed by atoms with Gasteiger partial charge in [-0.3, -0.25) is 0 Å². The number of ether oxygens (including phenoxy) is 2. The molecule has 1 aromatic heterocycles. The van der Waals surface area contributed by atoms with Gasteiger partial charge < -0.3 is 9.47 Å².